The van der Waals surface area contributed by atoms with Gasteiger partial charge >= 0.3 is 25.7 Å². The van der Waals surface area contributed by atoms with E-state index in [-0.39, 0.29) is 16.6 Å². The number of halogens is 1. The van der Waals surface area contributed by atoms with Gasteiger partial charge in [-0.2, -0.15) is 4.63 Å². The van der Waals surface area contributed by atoms with Crippen LogP contribution < -0.4 is 0 Å². The first-order chi connectivity index (χ1) is 3.12. The number of rotatable bonds is 2. The summed E-state index contributed by atoms with van der Waals surface area (Å²) in [5.41, 5.74) is 0. The van der Waals surface area contributed by atoms with Crippen molar-refractivity contribution in [2.75, 3.05) is 0 Å². The van der Waals surface area contributed by atoms with E-state index in [4.69, 9.17) is 9.59 Å². The second kappa shape index (κ2) is 2.74. The highest BCUT2D eigenvalue weighted by Crippen LogP contribution is 1.92. The summed E-state index contributed by atoms with van der Waals surface area (Å²) in [4.78, 5) is 16.1. The van der Waals surface area contributed by atoms with Crippen molar-refractivity contribution in [1.29, 1.82) is 0 Å². The van der Waals surface area contributed by atoms with Crippen LogP contribution in [0.3, 0.4) is 0 Å². The maximum Gasteiger partial charge on any atom is 0.676 e. The van der Waals surface area contributed by atoms with Crippen LogP contribution in [0.5, 0.6) is 0 Å². The molecule has 7 heavy (non-hydrogen) atoms. The van der Waals surface area contributed by atoms with E-state index in [0.29, 0.717) is 0 Å². The Kier molecular flexibility index (Phi) is 2.94. The summed E-state index contributed by atoms with van der Waals surface area (Å²) in [5.74, 6) is 0. The predicted molar refractivity (Wildman–Crippen MR) is 22.0 cm³/mol. The third-order valence-corrected chi connectivity index (χ3v) is 2.69. The molecule has 0 bridgehead atoms. The van der Waals surface area contributed by atoms with Gasteiger partial charge in [-0.05, 0) is 0 Å². The lowest BCUT2D eigenvalue weighted by Gasteiger charge is -2.06. The molecule has 0 aromatic carbocycles. The van der Waals surface area contributed by atoms with Gasteiger partial charge in [-0.25, -0.2) is 0 Å². The Morgan fingerprint density at radius 2 is 2.00 bits per heavy atom. The maximum absolute atomic E-state index is 10.7. The Hall–Kier alpha value is 0.519. The minimum atomic E-state index is -4.26. The second-order valence-corrected chi connectivity index (χ2v) is 3.71. The van der Waals surface area contributed by atoms with Crippen molar-refractivity contribution in [1.82, 2.24) is 0 Å². The summed E-state index contributed by atoms with van der Waals surface area (Å²) in [6.45, 7) is 0. The Morgan fingerprint density at radius 3 is 2.00 bits per heavy atom. The Morgan fingerprint density at radius 1 is 1.57 bits per heavy atom. The van der Waals surface area contributed by atoms with Gasteiger partial charge in [0.05, 0.1) is 0 Å². The fraction of sp³-hybridized carbons (Fsp3) is 0. The van der Waals surface area contributed by atoms with E-state index in [1.165, 1.54) is 0 Å². The van der Waals surface area contributed by atoms with Gasteiger partial charge < -0.3 is 13.1 Å². The summed E-state index contributed by atoms with van der Waals surface area (Å²) in [5, 5.41) is 0. The fourth-order valence-corrected chi connectivity index (χ4v) is 0.283. The highest BCUT2D eigenvalue weighted by Gasteiger charge is 2.34. The van der Waals surface area contributed by atoms with Gasteiger partial charge in [-0.15, -0.1) is 0 Å². The van der Waals surface area contributed by atoms with Crippen LogP contribution in [0.4, 0.5) is 4.53 Å². The SMILES string of the molecule is O[Si](O)(OF)[O][AlH2]. The van der Waals surface area contributed by atoms with E-state index in [1.807, 2.05) is 0 Å². The van der Waals surface area contributed by atoms with Crippen molar-refractivity contribution in [2.24, 2.45) is 0 Å². The lowest BCUT2D eigenvalue weighted by atomic mass is 15.5. The molecule has 0 spiro atoms. The summed E-state index contributed by atoms with van der Waals surface area (Å²) < 4.78 is 17.3. The molecule has 2 N–H and O–H groups in total. The van der Waals surface area contributed by atoms with Crippen LogP contribution in [0.2, 0.25) is 0 Å². The molecular weight excluding hydrogens is 138 g/mol. The lowest BCUT2D eigenvalue weighted by molar-refractivity contribution is -0.105. The van der Waals surface area contributed by atoms with Crippen molar-refractivity contribution in [3.8, 4) is 0 Å². The first kappa shape index (κ1) is 7.52. The molecule has 0 saturated carbocycles. The normalized spacial score (nSPS) is 11.9. The number of hydrogen-bond acceptors (Lipinski definition) is 4. The van der Waals surface area contributed by atoms with E-state index < -0.39 is 9.05 Å². The van der Waals surface area contributed by atoms with Crippen LogP contribution in [-0.4, -0.2) is 35.3 Å². The van der Waals surface area contributed by atoms with Gasteiger partial charge in [0.1, 0.15) is 0 Å². The summed E-state index contributed by atoms with van der Waals surface area (Å²) in [6, 6.07) is 0. The van der Waals surface area contributed by atoms with E-state index in [2.05, 4.69) is 8.11 Å². The van der Waals surface area contributed by atoms with E-state index in [1.54, 1.807) is 0 Å². The van der Waals surface area contributed by atoms with Crippen molar-refractivity contribution >= 4 is 25.7 Å². The van der Waals surface area contributed by atoms with E-state index >= 15 is 0 Å². The maximum atomic E-state index is 10.7. The van der Waals surface area contributed by atoms with Crippen molar-refractivity contribution in [3.63, 3.8) is 0 Å². The van der Waals surface area contributed by atoms with Crippen LogP contribution in [-0.2, 0) is 8.11 Å². The lowest BCUT2D eigenvalue weighted by Crippen LogP contribution is -2.39. The summed E-state index contributed by atoms with van der Waals surface area (Å²) in [6.07, 6.45) is 0. The zero-order valence-electron chi connectivity index (χ0n) is 3.59. The van der Waals surface area contributed by atoms with Crippen molar-refractivity contribution < 1.29 is 22.2 Å². The van der Waals surface area contributed by atoms with Gasteiger partial charge in [0.2, 0.25) is 0 Å². The molecule has 4 nitrogen and oxygen atoms in total. The molecule has 0 amide bonds. The van der Waals surface area contributed by atoms with Gasteiger partial charge in [0, 0.05) is 0 Å². The average Bonchev–Trinajstić information content (AvgIpc) is 1.68. The smallest absolute Gasteiger partial charge is 0.485 e. The first-order valence-electron chi connectivity index (χ1n) is 1.42. The Balaban J connectivity index is 3.36. The molecule has 0 aliphatic rings. The number of hydrogen-bond donors (Lipinski definition) is 2. The minimum absolute atomic E-state index is 0.0538. The minimum Gasteiger partial charge on any atom is -0.485 e. The van der Waals surface area contributed by atoms with Gasteiger partial charge in [-0.1, -0.05) is 4.53 Å². The van der Waals surface area contributed by atoms with Gasteiger partial charge in [-0.3, -0.25) is 0 Å². The monoisotopic (exact) mass is 142 g/mol. The second-order valence-electron chi connectivity index (χ2n) is 0.830. The summed E-state index contributed by atoms with van der Waals surface area (Å²) in [7, 11) is -4.26. The molecule has 0 aromatic rings. The van der Waals surface area contributed by atoms with Crippen LogP contribution in [0.25, 0.3) is 0 Å². The third-order valence-electron chi connectivity index (χ3n) is 0.366. The molecule has 0 unspecified atom stereocenters. The first-order valence-corrected chi connectivity index (χ1v) is 3.95. The van der Waals surface area contributed by atoms with Crippen molar-refractivity contribution in [2.45, 2.75) is 0 Å². The highest BCUT2D eigenvalue weighted by atomic mass is 28.4. The molecule has 0 atom stereocenters. The topological polar surface area (TPSA) is 58.9 Å². The molecule has 0 aliphatic carbocycles. The summed E-state index contributed by atoms with van der Waals surface area (Å²) >= 11 is 0.0538. The molecule has 0 rings (SSSR count). The van der Waals surface area contributed by atoms with E-state index in [0.717, 1.165) is 0 Å². The largest absolute Gasteiger partial charge is 0.676 e. The van der Waals surface area contributed by atoms with Gasteiger partial charge in [0.25, 0.3) is 0 Å². The molecule has 0 saturated heterocycles. The molecular formula is H4AlFO4Si. The fourth-order valence-electron chi connectivity index (χ4n) is 0.0315. The van der Waals surface area contributed by atoms with Crippen LogP contribution >= 0.6 is 0 Å². The zero-order chi connectivity index (χ0) is 5.91. The molecule has 0 heterocycles. The molecule has 0 fully saturated rings. The highest BCUT2D eigenvalue weighted by molar-refractivity contribution is 6.54. The Bertz CT molecular complexity index is 49.7. The predicted octanol–water partition coefficient (Wildman–Crippen LogP) is -2.13. The third kappa shape index (κ3) is 3.13. The quantitative estimate of drug-likeness (QED) is 0.432. The molecule has 0 aliphatic heterocycles. The van der Waals surface area contributed by atoms with Gasteiger partial charge in [0.15, 0.2) is 0 Å². The van der Waals surface area contributed by atoms with Crippen LogP contribution in [0.15, 0.2) is 0 Å². The molecule has 42 valence electrons. The zero-order valence-corrected chi connectivity index (χ0v) is 6.59. The molecule has 0 radical (unpaired) electrons. The molecule has 7 heteroatoms. The van der Waals surface area contributed by atoms with Crippen LogP contribution in [0, 0.1) is 0 Å². The van der Waals surface area contributed by atoms with E-state index in [9.17, 15) is 4.53 Å². The Labute approximate surface area is 48.6 Å². The molecule has 0 aromatic heterocycles. The van der Waals surface area contributed by atoms with Crippen LogP contribution in [0.1, 0.15) is 0 Å². The van der Waals surface area contributed by atoms with Crippen molar-refractivity contribution in [3.05, 3.63) is 0 Å². The standard InChI is InChI=1S/Al.FH2O4Si.2H/c;1-5-6(2,3)4;;/h;2-3H;;/q+1;-1;;. The average molecular weight is 142 g/mol.